The van der Waals surface area contributed by atoms with Gasteiger partial charge in [0, 0.05) is 30.4 Å². The van der Waals surface area contributed by atoms with Crippen molar-refractivity contribution in [1.82, 2.24) is 4.31 Å². The van der Waals surface area contributed by atoms with Crippen molar-refractivity contribution in [2.45, 2.75) is 69.7 Å². The molecule has 1 fully saturated rings. The molecule has 1 N–H and O–H groups in total. The Hall–Kier alpha value is -2.71. The number of carbonyl (C=O) groups is 2. The number of hydrogen-bond acceptors (Lipinski definition) is 4. The number of amides is 2. The van der Waals surface area contributed by atoms with Gasteiger partial charge in [0.15, 0.2) is 0 Å². The first kappa shape index (κ1) is 24.4. The minimum Gasteiger partial charge on any atom is -0.325 e. The molecule has 182 valence electrons. The second-order valence-corrected chi connectivity index (χ2v) is 11.4. The number of sulfonamides is 1. The minimum atomic E-state index is -3.60. The molecule has 2 amide bonds. The Morgan fingerprint density at radius 1 is 1.09 bits per heavy atom. The largest absolute Gasteiger partial charge is 0.325 e. The van der Waals surface area contributed by atoms with Gasteiger partial charge < -0.3 is 10.2 Å². The number of hydrogen-bond donors (Lipinski definition) is 1. The van der Waals surface area contributed by atoms with E-state index in [1.807, 2.05) is 31.2 Å². The van der Waals surface area contributed by atoms with Crippen molar-refractivity contribution in [2.24, 2.45) is 0 Å². The van der Waals surface area contributed by atoms with E-state index in [1.165, 1.54) is 10.5 Å². The van der Waals surface area contributed by atoms with Gasteiger partial charge in [0.05, 0.1) is 4.90 Å². The zero-order chi connectivity index (χ0) is 24.5. The van der Waals surface area contributed by atoms with Crippen LogP contribution in [0.2, 0.25) is 0 Å². The number of fused-ring (bicyclic) bond motifs is 1. The van der Waals surface area contributed by atoms with Gasteiger partial charge in [0.2, 0.25) is 21.8 Å². The van der Waals surface area contributed by atoms with Gasteiger partial charge in [0.1, 0.15) is 6.54 Å². The fourth-order valence-electron chi connectivity index (χ4n) is 4.73. The third-order valence-electron chi connectivity index (χ3n) is 6.76. The smallest absolute Gasteiger partial charge is 0.244 e. The second kappa shape index (κ2) is 9.88. The summed E-state index contributed by atoms with van der Waals surface area (Å²) in [6.45, 7) is 6.58. The fourth-order valence-corrected chi connectivity index (χ4v) is 6.48. The molecular weight excluding hydrogens is 450 g/mol. The Balaban J connectivity index is 1.51. The highest BCUT2D eigenvalue weighted by Gasteiger charge is 2.33. The van der Waals surface area contributed by atoms with E-state index in [0.29, 0.717) is 30.3 Å². The van der Waals surface area contributed by atoms with E-state index >= 15 is 0 Å². The van der Waals surface area contributed by atoms with Crippen molar-refractivity contribution in [3.05, 3.63) is 53.6 Å². The lowest BCUT2D eigenvalue weighted by Gasteiger charge is -2.33. The van der Waals surface area contributed by atoms with Crippen molar-refractivity contribution < 1.29 is 18.0 Å². The lowest BCUT2D eigenvalue weighted by molar-refractivity contribution is -0.121. The maximum absolute atomic E-state index is 13.3. The number of piperidine rings is 1. The van der Waals surface area contributed by atoms with Crippen LogP contribution < -0.4 is 10.2 Å². The predicted octanol–water partition coefficient (Wildman–Crippen LogP) is 4.29. The first-order valence-electron chi connectivity index (χ1n) is 12.0. The first-order chi connectivity index (χ1) is 16.2. The van der Waals surface area contributed by atoms with Crippen molar-refractivity contribution in [3.63, 3.8) is 0 Å². The number of carbonyl (C=O) groups excluding carboxylic acids is 2. The van der Waals surface area contributed by atoms with E-state index in [2.05, 4.69) is 19.2 Å². The van der Waals surface area contributed by atoms with Gasteiger partial charge in [-0.25, -0.2) is 8.42 Å². The quantitative estimate of drug-likeness (QED) is 0.664. The Morgan fingerprint density at radius 2 is 1.82 bits per heavy atom. The van der Waals surface area contributed by atoms with Gasteiger partial charge in [-0.1, -0.05) is 32.4 Å². The first-order valence-corrected chi connectivity index (χ1v) is 13.5. The van der Waals surface area contributed by atoms with Crippen LogP contribution in [0.5, 0.6) is 0 Å². The van der Waals surface area contributed by atoms with Gasteiger partial charge in [-0.3, -0.25) is 9.59 Å². The molecule has 0 aliphatic carbocycles. The van der Waals surface area contributed by atoms with Gasteiger partial charge in [0.25, 0.3) is 0 Å². The second-order valence-electron chi connectivity index (χ2n) is 9.56. The summed E-state index contributed by atoms with van der Waals surface area (Å²) in [6.07, 6.45) is 3.47. The van der Waals surface area contributed by atoms with Crippen molar-refractivity contribution in [1.29, 1.82) is 0 Å². The van der Waals surface area contributed by atoms with Crippen LogP contribution in [0.3, 0.4) is 0 Å². The van der Waals surface area contributed by atoms with Gasteiger partial charge in [-0.15, -0.1) is 0 Å². The molecular formula is C26H33N3O4S. The SMILES string of the molecule is CC(C)c1ccc(NC(=O)CN2C(=O)CCc3cc(S(=O)(=O)N4CCCC[C@@H]4C)ccc32)cc1. The number of nitrogens with one attached hydrogen (secondary N) is 1. The van der Waals surface area contributed by atoms with E-state index in [0.717, 1.165) is 24.8 Å². The lowest BCUT2D eigenvalue weighted by Crippen LogP contribution is -2.42. The molecule has 2 aromatic rings. The lowest BCUT2D eigenvalue weighted by atomic mass is 10.0. The number of rotatable bonds is 6. The Kier molecular flexibility index (Phi) is 7.09. The van der Waals surface area contributed by atoms with Crippen LogP contribution in [-0.4, -0.2) is 43.7 Å². The predicted molar refractivity (Wildman–Crippen MR) is 133 cm³/mol. The van der Waals surface area contributed by atoms with E-state index in [1.54, 1.807) is 22.5 Å². The number of benzene rings is 2. The molecule has 4 rings (SSSR count). The molecule has 2 aromatic carbocycles. The van der Waals surface area contributed by atoms with Crippen LogP contribution >= 0.6 is 0 Å². The molecule has 0 spiro atoms. The van der Waals surface area contributed by atoms with Crippen LogP contribution in [0.15, 0.2) is 47.4 Å². The summed E-state index contributed by atoms with van der Waals surface area (Å²) in [5.41, 5.74) is 3.24. The molecule has 2 aliphatic heterocycles. The van der Waals surface area contributed by atoms with E-state index < -0.39 is 10.0 Å². The van der Waals surface area contributed by atoms with Crippen molar-refractivity contribution in [2.75, 3.05) is 23.3 Å². The van der Waals surface area contributed by atoms with Crippen LogP contribution in [-0.2, 0) is 26.0 Å². The van der Waals surface area contributed by atoms with E-state index in [4.69, 9.17) is 0 Å². The number of anilines is 2. The molecule has 2 aliphatic rings. The fraction of sp³-hybridized carbons (Fsp3) is 0.462. The molecule has 8 heteroatoms. The summed E-state index contributed by atoms with van der Waals surface area (Å²) in [4.78, 5) is 27.1. The molecule has 0 aromatic heterocycles. The summed E-state index contributed by atoms with van der Waals surface area (Å²) < 4.78 is 28.1. The number of aryl methyl sites for hydroxylation is 1. The maximum Gasteiger partial charge on any atom is 0.244 e. The van der Waals surface area contributed by atoms with E-state index in [9.17, 15) is 18.0 Å². The summed E-state index contributed by atoms with van der Waals surface area (Å²) in [5.74, 6) is -0.0329. The highest BCUT2D eigenvalue weighted by Crippen LogP contribution is 2.32. The molecule has 2 heterocycles. The van der Waals surface area contributed by atoms with Crippen LogP contribution in [0.25, 0.3) is 0 Å². The average Bonchev–Trinajstić information content (AvgIpc) is 2.81. The average molecular weight is 484 g/mol. The third kappa shape index (κ3) is 5.03. The van der Waals surface area contributed by atoms with E-state index in [-0.39, 0.29) is 35.7 Å². The van der Waals surface area contributed by atoms with Crippen LogP contribution in [0, 0.1) is 0 Å². The Bertz CT molecular complexity index is 1180. The highest BCUT2D eigenvalue weighted by atomic mass is 32.2. The molecule has 0 unspecified atom stereocenters. The van der Waals surface area contributed by atoms with Gasteiger partial charge >= 0.3 is 0 Å². The summed E-state index contributed by atoms with van der Waals surface area (Å²) >= 11 is 0. The standard InChI is InChI=1S/C26H33N3O4S/c1-18(2)20-7-10-22(11-8-20)27-25(30)17-28-24-13-12-23(16-21(24)9-14-26(28)31)34(32,33)29-15-5-4-6-19(29)3/h7-8,10-13,16,18-19H,4-6,9,14-15,17H2,1-3H3,(H,27,30)/t19-/m0/s1. The topological polar surface area (TPSA) is 86.8 Å². The molecule has 0 saturated carbocycles. The minimum absolute atomic E-state index is 0.0221. The molecule has 0 bridgehead atoms. The summed E-state index contributed by atoms with van der Waals surface area (Å²) in [6, 6.07) is 12.6. The number of nitrogens with zero attached hydrogens (tertiary/aromatic N) is 2. The highest BCUT2D eigenvalue weighted by molar-refractivity contribution is 7.89. The molecule has 1 saturated heterocycles. The normalized spacial score (nSPS) is 19.2. The Morgan fingerprint density at radius 3 is 2.50 bits per heavy atom. The van der Waals surface area contributed by atoms with Gasteiger partial charge in [-0.05, 0) is 73.6 Å². The molecule has 7 nitrogen and oxygen atoms in total. The molecule has 1 atom stereocenters. The third-order valence-corrected chi connectivity index (χ3v) is 8.77. The van der Waals surface area contributed by atoms with Crippen molar-refractivity contribution in [3.8, 4) is 0 Å². The monoisotopic (exact) mass is 483 g/mol. The Labute approximate surface area is 202 Å². The zero-order valence-electron chi connectivity index (χ0n) is 20.1. The zero-order valence-corrected chi connectivity index (χ0v) is 20.9. The van der Waals surface area contributed by atoms with Gasteiger partial charge in [-0.2, -0.15) is 4.31 Å². The summed E-state index contributed by atoms with van der Waals surface area (Å²) in [7, 11) is -3.60. The van der Waals surface area contributed by atoms with Crippen molar-refractivity contribution >= 4 is 33.2 Å². The van der Waals surface area contributed by atoms with Crippen LogP contribution in [0.1, 0.15) is 63.5 Å². The maximum atomic E-state index is 13.3. The molecule has 34 heavy (non-hydrogen) atoms. The van der Waals surface area contributed by atoms with Crippen LogP contribution in [0.4, 0.5) is 11.4 Å². The molecule has 0 radical (unpaired) electrons. The summed E-state index contributed by atoms with van der Waals surface area (Å²) in [5, 5.41) is 2.85.